The molecule has 0 atom stereocenters. The van der Waals surface area contributed by atoms with Crippen LogP contribution in [0.15, 0.2) is 48.0 Å². The quantitative estimate of drug-likeness (QED) is 0.805. The Morgan fingerprint density at radius 1 is 1.29 bits per heavy atom. The lowest BCUT2D eigenvalue weighted by molar-refractivity contribution is 0.0941. The summed E-state index contributed by atoms with van der Waals surface area (Å²) in [4.78, 5) is 16.5. The van der Waals surface area contributed by atoms with E-state index in [9.17, 15) is 4.79 Å². The van der Waals surface area contributed by atoms with Crippen LogP contribution in [0, 0.1) is 0 Å². The number of amides is 1. The number of hydrogen-bond acceptors (Lipinski definition) is 4. The number of thiazole rings is 1. The Balaban J connectivity index is 1.66. The highest BCUT2D eigenvalue weighted by molar-refractivity contribution is 7.13. The second-order valence-electron chi connectivity index (χ2n) is 4.53. The van der Waals surface area contributed by atoms with Crippen molar-refractivity contribution in [3.8, 4) is 10.6 Å². The van der Waals surface area contributed by atoms with Crippen LogP contribution in [-0.4, -0.2) is 20.7 Å². The molecule has 1 aromatic carbocycles. The minimum Gasteiger partial charge on any atom is -0.345 e. The molecule has 0 aliphatic rings. The molecule has 106 valence electrons. The van der Waals surface area contributed by atoms with E-state index in [-0.39, 0.29) is 5.91 Å². The van der Waals surface area contributed by atoms with E-state index >= 15 is 0 Å². The topological polar surface area (TPSA) is 59.8 Å². The molecule has 3 rings (SSSR count). The Hall–Kier alpha value is -2.47. The van der Waals surface area contributed by atoms with Gasteiger partial charge in [-0.3, -0.25) is 9.48 Å². The molecule has 1 amide bonds. The third kappa shape index (κ3) is 3.00. The van der Waals surface area contributed by atoms with Crippen molar-refractivity contribution >= 4 is 17.2 Å². The van der Waals surface area contributed by atoms with E-state index in [0.717, 1.165) is 16.3 Å². The van der Waals surface area contributed by atoms with E-state index in [2.05, 4.69) is 15.4 Å². The predicted molar refractivity (Wildman–Crippen MR) is 81.9 cm³/mol. The van der Waals surface area contributed by atoms with Gasteiger partial charge in [0.2, 0.25) is 0 Å². The lowest BCUT2D eigenvalue weighted by atomic mass is 10.2. The molecule has 0 spiro atoms. The van der Waals surface area contributed by atoms with E-state index in [1.807, 2.05) is 35.7 Å². The zero-order valence-corrected chi connectivity index (χ0v) is 12.3. The van der Waals surface area contributed by atoms with Gasteiger partial charge in [0.15, 0.2) is 0 Å². The third-order valence-electron chi connectivity index (χ3n) is 3.06. The van der Waals surface area contributed by atoms with Crippen LogP contribution in [0.25, 0.3) is 10.6 Å². The number of nitrogens with one attached hydrogen (secondary N) is 1. The van der Waals surface area contributed by atoms with Gasteiger partial charge in [-0.15, -0.1) is 11.3 Å². The summed E-state index contributed by atoms with van der Waals surface area (Å²) < 4.78 is 1.55. The summed E-state index contributed by atoms with van der Waals surface area (Å²) in [5.74, 6) is -0.149. The fraction of sp³-hybridized carbons (Fsp3) is 0.133. The van der Waals surface area contributed by atoms with Gasteiger partial charge in [0.1, 0.15) is 10.7 Å². The van der Waals surface area contributed by atoms with Gasteiger partial charge in [0.25, 0.3) is 5.91 Å². The Morgan fingerprint density at radius 3 is 2.81 bits per heavy atom. The van der Waals surface area contributed by atoms with Crippen LogP contribution in [0.1, 0.15) is 16.2 Å². The molecule has 0 saturated carbocycles. The molecular weight excluding hydrogens is 284 g/mol. The first-order valence-corrected chi connectivity index (χ1v) is 7.38. The van der Waals surface area contributed by atoms with Gasteiger partial charge in [0.05, 0.1) is 12.2 Å². The smallest absolute Gasteiger partial charge is 0.269 e. The Bertz CT molecular complexity index is 748. The highest BCUT2D eigenvalue weighted by Gasteiger charge is 2.10. The van der Waals surface area contributed by atoms with Crippen molar-refractivity contribution in [1.82, 2.24) is 20.1 Å². The highest BCUT2D eigenvalue weighted by Crippen LogP contribution is 2.23. The lowest BCUT2D eigenvalue weighted by Crippen LogP contribution is -2.25. The molecule has 1 N–H and O–H groups in total. The minimum absolute atomic E-state index is 0.149. The molecule has 0 aliphatic carbocycles. The number of aryl methyl sites for hydroxylation is 1. The number of nitrogens with zero attached hydrogens (tertiary/aromatic N) is 3. The highest BCUT2D eigenvalue weighted by atomic mass is 32.1. The molecule has 0 radical (unpaired) electrons. The molecule has 0 saturated heterocycles. The largest absolute Gasteiger partial charge is 0.345 e. The van der Waals surface area contributed by atoms with Crippen molar-refractivity contribution in [1.29, 1.82) is 0 Å². The summed E-state index contributed by atoms with van der Waals surface area (Å²) in [6.07, 6.45) is 1.60. The summed E-state index contributed by atoms with van der Waals surface area (Å²) in [5, 5.41) is 9.75. The van der Waals surface area contributed by atoms with Crippen LogP contribution in [0.4, 0.5) is 0 Å². The van der Waals surface area contributed by atoms with Gasteiger partial charge < -0.3 is 5.32 Å². The fourth-order valence-corrected chi connectivity index (χ4v) is 2.79. The van der Waals surface area contributed by atoms with Crippen molar-refractivity contribution in [3.63, 3.8) is 0 Å². The molecular formula is C15H14N4OS. The molecule has 3 aromatic rings. The van der Waals surface area contributed by atoms with E-state index in [1.54, 1.807) is 35.3 Å². The maximum atomic E-state index is 12.0. The summed E-state index contributed by atoms with van der Waals surface area (Å²) in [5.41, 5.74) is 2.48. The average Bonchev–Trinajstić information content (AvgIpc) is 3.15. The second kappa shape index (κ2) is 5.88. The number of rotatable bonds is 4. The van der Waals surface area contributed by atoms with E-state index in [0.29, 0.717) is 12.2 Å². The fourth-order valence-electron chi connectivity index (χ4n) is 1.96. The van der Waals surface area contributed by atoms with Crippen LogP contribution in [0.2, 0.25) is 0 Å². The molecule has 21 heavy (non-hydrogen) atoms. The molecule has 2 aromatic heterocycles. The summed E-state index contributed by atoms with van der Waals surface area (Å²) in [7, 11) is 1.74. The molecule has 0 fully saturated rings. The summed E-state index contributed by atoms with van der Waals surface area (Å²) in [6.45, 7) is 0.410. The number of hydrogen-bond donors (Lipinski definition) is 1. The van der Waals surface area contributed by atoms with Crippen molar-refractivity contribution in [3.05, 3.63) is 59.4 Å². The van der Waals surface area contributed by atoms with Gasteiger partial charge in [-0.2, -0.15) is 5.10 Å². The van der Waals surface area contributed by atoms with Crippen molar-refractivity contribution in [2.24, 2.45) is 7.05 Å². The zero-order valence-electron chi connectivity index (χ0n) is 11.5. The predicted octanol–water partition coefficient (Wildman–Crippen LogP) is 2.47. The average molecular weight is 298 g/mol. The van der Waals surface area contributed by atoms with Crippen LogP contribution in [0.3, 0.4) is 0 Å². The SMILES string of the molecule is Cn1nccc1C(=O)NCc1csc(-c2ccccc2)n1. The van der Waals surface area contributed by atoms with Gasteiger partial charge in [-0.25, -0.2) is 4.98 Å². The monoisotopic (exact) mass is 298 g/mol. The number of carbonyl (C=O) groups is 1. The molecule has 5 nitrogen and oxygen atoms in total. The standard InChI is InChI=1S/C15H14N4OS/c1-19-13(7-8-17-19)14(20)16-9-12-10-21-15(18-12)11-5-3-2-4-6-11/h2-8,10H,9H2,1H3,(H,16,20). The minimum atomic E-state index is -0.149. The van der Waals surface area contributed by atoms with Crippen LogP contribution >= 0.6 is 11.3 Å². The second-order valence-corrected chi connectivity index (χ2v) is 5.39. The molecule has 2 heterocycles. The molecule has 0 aliphatic heterocycles. The van der Waals surface area contributed by atoms with Gasteiger partial charge in [0, 0.05) is 24.2 Å². The van der Waals surface area contributed by atoms with E-state index in [1.165, 1.54) is 0 Å². The zero-order chi connectivity index (χ0) is 14.7. The Labute approximate surface area is 126 Å². The first-order chi connectivity index (χ1) is 10.2. The van der Waals surface area contributed by atoms with Gasteiger partial charge >= 0.3 is 0 Å². The number of carbonyl (C=O) groups excluding carboxylic acids is 1. The Kier molecular flexibility index (Phi) is 3.79. The molecule has 0 bridgehead atoms. The van der Waals surface area contributed by atoms with Crippen molar-refractivity contribution < 1.29 is 4.79 Å². The van der Waals surface area contributed by atoms with Crippen molar-refractivity contribution in [2.45, 2.75) is 6.54 Å². The maximum absolute atomic E-state index is 12.0. The normalized spacial score (nSPS) is 10.5. The molecule has 6 heteroatoms. The maximum Gasteiger partial charge on any atom is 0.269 e. The molecule has 0 unspecified atom stereocenters. The summed E-state index contributed by atoms with van der Waals surface area (Å²) >= 11 is 1.57. The number of benzene rings is 1. The first kappa shape index (κ1) is 13.5. The van der Waals surface area contributed by atoms with Gasteiger partial charge in [-0.1, -0.05) is 30.3 Å². The van der Waals surface area contributed by atoms with Crippen LogP contribution in [-0.2, 0) is 13.6 Å². The van der Waals surface area contributed by atoms with Crippen LogP contribution < -0.4 is 5.32 Å². The van der Waals surface area contributed by atoms with Crippen molar-refractivity contribution in [2.75, 3.05) is 0 Å². The number of aromatic nitrogens is 3. The van der Waals surface area contributed by atoms with E-state index in [4.69, 9.17) is 0 Å². The van der Waals surface area contributed by atoms with Crippen LogP contribution in [0.5, 0.6) is 0 Å². The van der Waals surface area contributed by atoms with Gasteiger partial charge in [-0.05, 0) is 6.07 Å². The Morgan fingerprint density at radius 2 is 2.10 bits per heavy atom. The van der Waals surface area contributed by atoms with E-state index < -0.39 is 0 Å². The summed E-state index contributed by atoms with van der Waals surface area (Å²) in [6, 6.07) is 11.7. The lowest BCUT2D eigenvalue weighted by Gasteiger charge is -2.03. The first-order valence-electron chi connectivity index (χ1n) is 6.50. The third-order valence-corrected chi connectivity index (χ3v) is 4.00.